The normalized spacial score (nSPS) is 11.1. The molecule has 0 saturated heterocycles. The van der Waals surface area contributed by atoms with Gasteiger partial charge in [0.1, 0.15) is 0 Å². The molecule has 0 unspecified atom stereocenters. The van der Waals surface area contributed by atoms with Gasteiger partial charge in [-0.15, -0.1) is 0 Å². The molecule has 2 N–H and O–H groups in total. The van der Waals surface area contributed by atoms with Gasteiger partial charge in [-0.2, -0.15) is 0 Å². The van der Waals surface area contributed by atoms with Gasteiger partial charge in [-0.1, -0.05) is 42.0 Å². The minimum absolute atomic E-state index is 0.747. The zero-order valence-corrected chi connectivity index (χ0v) is 12.5. The highest BCUT2D eigenvalue weighted by Crippen LogP contribution is 2.24. The van der Waals surface area contributed by atoms with E-state index in [1.54, 1.807) is 0 Å². The first-order valence-electron chi connectivity index (χ1n) is 7.60. The molecule has 2 aromatic carbocycles. The molecule has 3 aromatic rings. The molecule has 0 bridgehead atoms. The molecule has 3 rings (SSSR count). The number of nitrogens with two attached hydrogens (primary N) is 1. The van der Waals surface area contributed by atoms with Crippen molar-refractivity contribution in [3.8, 4) is 0 Å². The van der Waals surface area contributed by atoms with E-state index in [4.69, 9.17) is 5.73 Å². The van der Waals surface area contributed by atoms with Crippen molar-refractivity contribution in [2.75, 3.05) is 6.54 Å². The lowest BCUT2D eigenvalue weighted by Crippen LogP contribution is -2.00. The molecule has 0 aliphatic heterocycles. The number of aromatic nitrogens is 1. The molecule has 1 heterocycles. The van der Waals surface area contributed by atoms with Gasteiger partial charge in [0.25, 0.3) is 0 Å². The Balaban J connectivity index is 2.02. The van der Waals surface area contributed by atoms with E-state index >= 15 is 0 Å². The second-order valence-electron chi connectivity index (χ2n) is 5.68. The Morgan fingerprint density at radius 3 is 2.62 bits per heavy atom. The maximum atomic E-state index is 5.67. The number of fused-ring (bicyclic) bond motifs is 1. The Morgan fingerprint density at radius 2 is 1.86 bits per heavy atom. The van der Waals surface area contributed by atoms with E-state index < -0.39 is 0 Å². The third-order valence-electron chi connectivity index (χ3n) is 3.97. The second kappa shape index (κ2) is 6.15. The van der Waals surface area contributed by atoms with Crippen molar-refractivity contribution in [3.63, 3.8) is 0 Å². The Morgan fingerprint density at radius 1 is 1.05 bits per heavy atom. The van der Waals surface area contributed by atoms with Gasteiger partial charge < -0.3 is 10.3 Å². The topological polar surface area (TPSA) is 30.9 Å². The predicted octanol–water partition coefficient (Wildman–Crippen LogP) is 3.89. The van der Waals surface area contributed by atoms with Crippen LogP contribution in [0.4, 0.5) is 0 Å². The SMILES string of the molecule is Cc1ccc2c(c1)c(CCCN)cn2Cc1ccccc1. The smallest absolute Gasteiger partial charge is 0.0486 e. The summed E-state index contributed by atoms with van der Waals surface area (Å²) in [4.78, 5) is 0. The Kier molecular flexibility index (Phi) is 4.07. The Hall–Kier alpha value is -2.06. The third-order valence-corrected chi connectivity index (χ3v) is 3.97. The Bertz CT molecular complexity index is 726. The van der Waals surface area contributed by atoms with Crippen LogP contribution < -0.4 is 5.73 Å². The molecule has 0 radical (unpaired) electrons. The lowest BCUT2D eigenvalue weighted by atomic mass is 10.1. The van der Waals surface area contributed by atoms with Crippen molar-refractivity contribution in [3.05, 3.63) is 71.4 Å². The first kappa shape index (κ1) is 13.9. The largest absolute Gasteiger partial charge is 0.343 e. The van der Waals surface area contributed by atoms with Crippen LogP contribution in [0, 0.1) is 6.92 Å². The van der Waals surface area contributed by atoms with E-state index in [0.29, 0.717) is 0 Å². The molecular weight excluding hydrogens is 256 g/mol. The highest BCUT2D eigenvalue weighted by Gasteiger charge is 2.08. The molecule has 1 aromatic heterocycles. The summed E-state index contributed by atoms with van der Waals surface area (Å²) in [7, 11) is 0. The number of benzene rings is 2. The zero-order chi connectivity index (χ0) is 14.7. The zero-order valence-electron chi connectivity index (χ0n) is 12.5. The van der Waals surface area contributed by atoms with Gasteiger partial charge in [-0.05, 0) is 49.6 Å². The van der Waals surface area contributed by atoms with Gasteiger partial charge in [-0.25, -0.2) is 0 Å². The fraction of sp³-hybridized carbons (Fsp3) is 0.263. The van der Waals surface area contributed by atoms with E-state index in [9.17, 15) is 0 Å². The van der Waals surface area contributed by atoms with Gasteiger partial charge in [-0.3, -0.25) is 0 Å². The quantitative estimate of drug-likeness (QED) is 0.754. The van der Waals surface area contributed by atoms with Gasteiger partial charge >= 0.3 is 0 Å². The van der Waals surface area contributed by atoms with Crippen molar-refractivity contribution in [1.29, 1.82) is 0 Å². The molecule has 0 aliphatic carbocycles. The van der Waals surface area contributed by atoms with Gasteiger partial charge in [0.2, 0.25) is 0 Å². The number of nitrogens with zero attached hydrogens (tertiary/aromatic N) is 1. The van der Waals surface area contributed by atoms with Gasteiger partial charge in [0, 0.05) is 23.6 Å². The lowest BCUT2D eigenvalue weighted by Gasteiger charge is -2.05. The van der Waals surface area contributed by atoms with Crippen LogP contribution in [-0.2, 0) is 13.0 Å². The summed E-state index contributed by atoms with van der Waals surface area (Å²) in [6, 6.07) is 17.3. The monoisotopic (exact) mass is 278 g/mol. The first-order valence-corrected chi connectivity index (χ1v) is 7.60. The summed E-state index contributed by atoms with van der Waals surface area (Å²) < 4.78 is 2.36. The molecule has 2 heteroatoms. The number of rotatable bonds is 5. The fourth-order valence-corrected chi connectivity index (χ4v) is 2.89. The summed E-state index contributed by atoms with van der Waals surface area (Å²) in [5.74, 6) is 0. The maximum Gasteiger partial charge on any atom is 0.0486 e. The van der Waals surface area contributed by atoms with Crippen molar-refractivity contribution in [2.45, 2.75) is 26.3 Å². The van der Waals surface area contributed by atoms with Crippen molar-refractivity contribution in [2.24, 2.45) is 5.73 Å². The number of hydrogen-bond donors (Lipinski definition) is 1. The standard InChI is InChI=1S/C19H22N2/c1-15-9-10-19-18(12-15)17(8-5-11-20)14-21(19)13-16-6-3-2-4-7-16/h2-4,6-7,9-10,12,14H,5,8,11,13,20H2,1H3. The summed E-state index contributed by atoms with van der Waals surface area (Å²) >= 11 is 0. The number of hydrogen-bond acceptors (Lipinski definition) is 1. The molecule has 21 heavy (non-hydrogen) atoms. The van der Waals surface area contributed by atoms with E-state index in [0.717, 1.165) is 25.9 Å². The molecular formula is C19H22N2. The molecule has 0 aliphatic rings. The minimum Gasteiger partial charge on any atom is -0.343 e. The highest BCUT2D eigenvalue weighted by atomic mass is 15.0. The molecule has 0 saturated carbocycles. The minimum atomic E-state index is 0.747. The van der Waals surface area contributed by atoms with Crippen molar-refractivity contribution >= 4 is 10.9 Å². The van der Waals surface area contributed by atoms with Crippen LogP contribution in [0.2, 0.25) is 0 Å². The van der Waals surface area contributed by atoms with Crippen LogP contribution in [0.5, 0.6) is 0 Å². The van der Waals surface area contributed by atoms with E-state index in [2.05, 4.69) is 66.2 Å². The summed E-state index contributed by atoms with van der Waals surface area (Å²) in [6.07, 6.45) is 4.39. The fourth-order valence-electron chi connectivity index (χ4n) is 2.89. The van der Waals surface area contributed by atoms with Crippen molar-refractivity contribution < 1.29 is 0 Å². The summed E-state index contributed by atoms with van der Waals surface area (Å²) in [5.41, 5.74) is 11.0. The van der Waals surface area contributed by atoms with Crippen LogP contribution in [-0.4, -0.2) is 11.1 Å². The lowest BCUT2D eigenvalue weighted by molar-refractivity contribution is 0.806. The van der Waals surface area contributed by atoms with Crippen LogP contribution in [0.1, 0.15) is 23.1 Å². The predicted molar refractivity (Wildman–Crippen MR) is 89.6 cm³/mol. The van der Waals surface area contributed by atoms with E-state index in [1.807, 2.05) is 0 Å². The molecule has 108 valence electrons. The second-order valence-corrected chi connectivity index (χ2v) is 5.68. The molecule has 0 atom stereocenters. The molecule has 0 amide bonds. The average molecular weight is 278 g/mol. The van der Waals surface area contributed by atoms with Crippen LogP contribution in [0.3, 0.4) is 0 Å². The molecule has 0 fully saturated rings. The third kappa shape index (κ3) is 3.01. The van der Waals surface area contributed by atoms with Crippen LogP contribution in [0.15, 0.2) is 54.7 Å². The van der Waals surface area contributed by atoms with Crippen LogP contribution in [0.25, 0.3) is 10.9 Å². The maximum absolute atomic E-state index is 5.67. The highest BCUT2D eigenvalue weighted by molar-refractivity contribution is 5.84. The van der Waals surface area contributed by atoms with E-state index in [1.165, 1.54) is 27.6 Å². The number of aryl methyl sites for hydroxylation is 2. The van der Waals surface area contributed by atoms with Crippen LogP contribution >= 0.6 is 0 Å². The average Bonchev–Trinajstić information content (AvgIpc) is 2.83. The first-order chi connectivity index (χ1) is 10.3. The molecule has 0 spiro atoms. The van der Waals surface area contributed by atoms with Crippen molar-refractivity contribution in [1.82, 2.24) is 4.57 Å². The van der Waals surface area contributed by atoms with Gasteiger partial charge in [0.05, 0.1) is 0 Å². The summed E-state index contributed by atoms with van der Waals surface area (Å²) in [6.45, 7) is 3.82. The Labute approximate surface area is 126 Å². The van der Waals surface area contributed by atoms with Gasteiger partial charge in [0.15, 0.2) is 0 Å². The molecule has 2 nitrogen and oxygen atoms in total. The van der Waals surface area contributed by atoms with E-state index in [-0.39, 0.29) is 0 Å². The summed E-state index contributed by atoms with van der Waals surface area (Å²) in [5, 5.41) is 1.37.